The second-order valence-electron chi connectivity index (χ2n) is 3.64. The zero-order valence-electron chi connectivity index (χ0n) is 9.86. The van der Waals surface area contributed by atoms with Crippen molar-refractivity contribution >= 4 is 17.9 Å². The first-order valence-corrected chi connectivity index (χ1v) is 5.32. The topological polar surface area (TPSA) is 109 Å². The van der Waals surface area contributed by atoms with Crippen molar-refractivity contribution in [1.82, 2.24) is 10.6 Å². The van der Waals surface area contributed by atoms with Crippen LogP contribution in [0.3, 0.4) is 0 Å². The average Bonchev–Trinajstić information content (AvgIpc) is 2.70. The molecular formula is C11H14N2O5. The Morgan fingerprint density at radius 2 is 2.00 bits per heavy atom. The molecule has 7 nitrogen and oxygen atoms in total. The van der Waals surface area contributed by atoms with Gasteiger partial charge in [-0.1, -0.05) is 0 Å². The molecule has 98 valence electrons. The molecule has 0 aliphatic rings. The first-order valence-electron chi connectivity index (χ1n) is 5.32. The van der Waals surface area contributed by atoms with Gasteiger partial charge in [0.05, 0.1) is 13.0 Å². The average molecular weight is 254 g/mol. The molecular weight excluding hydrogens is 240 g/mol. The normalized spacial score (nSPS) is 9.83. The van der Waals surface area contributed by atoms with Crippen LogP contribution in [0.1, 0.15) is 24.4 Å². The van der Waals surface area contributed by atoms with Crippen molar-refractivity contribution in [2.45, 2.75) is 26.3 Å². The summed E-state index contributed by atoms with van der Waals surface area (Å²) in [5.74, 6) is -0.424. The van der Waals surface area contributed by atoms with E-state index >= 15 is 0 Å². The van der Waals surface area contributed by atoms with Crippen LogP contribution < -0.4 is 10.6 Å². The Morgan fingerprint density at radius 1 is 1.28 bits per heavy atom. The van der Waals surface area contributed by atoms with Gasteiger partial charge in [0, 0.05) is 6.42 Å². The molecule has 0 fully saturated rings. The summed E-state index contributed by atoms with van der Waals surface area (Å²) < 4.78 is 5.21. The molecule has 0 aliphatic carbocycles. The van der Waals surface area contributed by atoms with Crippen LogP contribution >= 0.6 is 0 Å². The van der Waals surface area contributed by atoms with Crippen LogP contribution in [0.5, 0.6) is 0 Å². The molecule has 0 unspecified atom stereocenters. The highest BCUT2D eigenvalue weighted by Crippen LogP contribution is 2.05. The van der Waals surface area contributed by atoms with Crippen molar-refractivity contribution in [2.24, 2.45) is 0 Å². The Balaban J connectivity index is 2.25. The molecule has 3 N–H and O–H groups in total. The minimum atomic E-state index is -1.09. The number of furan rings is 1. The maximum atomic E-state index is 11.2. The third kappa shape index (κ3) is 5.15. The molecule has 0 bridgehead atoms. The van der Waals surface area contributed by atoms with E-state index in [1.54, 1.807) is 19.1 Å². The Bertz CT molecular complexity index is 452. The fourth-order valence-electron chi connectivity index (χ4n) is 1.20. The van der Waals surface area contributed by atoms with Gasteiger partial charge in [-0.3, -0.25) is 14.9 Å². The lowest BCUT2D eigenvalue weighted by atomic mass is 10.3. The first-order chi connectivity index (χ1) is 8.47. The van der Waals surface area contributed by atoms with Crippen molar-refractivity contribution in [3.63, 3.8) is 0 Å². The van der Waals surface area contributed by atoms with Crippen molar-refractivity contribution in [1.29, 1.82) is 0 Å². The highest BCUT2D eigenvalue weighted by molar-refractivity contribution is 5.95. The van der Waals surface area contributed by atoms with Crippen LogP contribution in [0, 0.1) is 6.92 Å². The zero-order valence-corrected chi connectivity index (χ0v) is 9.86. The fraction of sp³-hybridized carbons (Fsp3) is 0.364. The smallest absolute Gasteiger partial charge is 0.321 e. The summed E-state index contributed by atoms with van der Waals surface area (Å²) >= 11 is 0. The lowest BCUT2D eigenvalue weighted by Gasteiger charge is -2.04. The predicted molar refractivity (Wildman–Crippen MR) is 60.7 cm³/mol. The maximum Gasteiger partial charge on any atom is 0.321 e. The minimum absolute atomic E-state index is 0.159. The number of hydrogen-bond acceptors (Lipinski definition) is 4. The number of nitrogens with one attached hydrogen (secondary N) is 2. The lowest BCUT2D eigenvalue weighted by molar-refractivity contribution is -0.138. The van der Waals surface area contributed by atoms with Gasteiger partial charge in [0.2, 0.25) is 5.91 Å². The van der Waals surface area contributed by atoms with Crippen LogP contribution in [0.15, 0.2) is 16.5 Å². The van der Waals surface area contributed by atoms with Gasteiger partial charge in [0.1, 0.15) is 11.5 Å². The number of aryl methyl sites for hydroxylation is 1. The summed E-state index contributed by atoms with van der Waals surface area (Å²) in [5.41, 5.74) is 0. The SMILES string of the molecule is Cc1ccc(CNC(=O)NC(=O)CCC(=O)O)o1. The van der Waals surface area contributed by atoms with E-state index in [0.717, 1.165) is 5.76 Å². The second kappa shape index (κ2) is 6.43. The van der Waals surface area contributed by atoms with E-state index in [1.807, 2.05) is 5.32 Å². The van der Waals surface area contributed by atoms with Gasteiger partial charge in [0.15, 0.2) is 0 Å². The summed E-state index contributed by atoms with van der Waals surface area (Å²) in [5, 5.41) is 12.8. The summed E-state index contributed by atoms with van der Waals surface area (Å²) in [6, 6.07) is 2.79. The highest BCUT2D eigenvalue weighted by Gasteiger charge is 2.09. The number of carboxylic acids is 1. The van der Waals surface area contributed by atoms with Gasteiger partial charge >= 0.3 is 12.0 Å². The summed E-state index contributed by atoms with van der Waals surface area (Å²) in [6.45, 7) is 1.94. The second-order valence-corrected chi connectivity index (χ2v) is 3.64. The Morgan fingerprint density at radius 3 is 2.56 bits per heavy atom. The van der Waals surface area contributed by atoms with Crippen LogP contribution in [0.25, 0.3) is 0 Å². The van der Waals surface area contributed by atoms with Gasteiger partial charge in [0.25, 0.3) is 0 Å². The van der Waals surface area contributed by atoms with Gasteiger partial charge in [-0.15, -0.1) is 0 Å². The van der Waals surface area contributed by atoms with E-state index in [2.05, 4.69) is 5.32 Å². The molecule has 0 radical (unpaired) electrons. The quantitative estimate of drug-likeness (QED) is 0.719. The van der Waals surface area contributed by atoms with Crippen molar-refractivity contribution in [3.05, 3.63) is 23.7 Å². The third-order valence-electron chi connectivity index (χ3n) is 2.04. The molecule has 0 saturated heterocycles. The largest absolute Gasteiger partial charge is 0.481 e. The molecule has 0 atom stereocenters. The molecule has 0 aromatic carbocycles. The molecule has 1 heterocycles. The molecule has 1 aromatic rings. The lowest BCUT2D eigenvalue weighted by Crippen LogP contribution is -2.39. The van der Waals surface area contributed by atoms with E-state index in [1.165, 1.54) is 0 Å². The van der Waals surface area contributed by atoms with E-state index in [9.17, 15) is 14.4 Å². The monoisotopic (exact) mass is 254 g/mol. The predicted octanol–water partition coefficient (Wildman–Crippen LogP) is 0.779. The minimum Gasteiger partial charge on any atom is -0.481 e. The molecule has 18 heavy (non-hydrogen) atoms. The Kier molecular flexibility index (Phi) is 4.91. The molecule has 7 heteroatoms. The van der Waals surface area contributed by atoms with Gasteiger partial charge < -0.3 is 14.8 Å². The number of carbonyl (C=O) groups excluding carboxylic acids is 2. The zero-order chi connectivity index (χ0) is 13.5. The molecule has 3 amide bonds. The van der Waals surface area contributed by atoms with E-state index < -0.39 is 17.9 Å². The summed E-state index contributed by atoms with van der Waals surface area (Å²) in [4.78, 5) is 32.6. The van der Waals surface area contributed by atoms with E-state index in [4.69, 9.17) is 9.52 Å². The van der Waals surface area contributed by atoms with Crippen LogP contribution in [-0.2, 0) is 16.1 Å². The van der Waals surface area contributed by atoms with E-state index in [0.29, 0.717) is 5.76 Å². The molecule has 0 spiro atoms. The van der Waals surface area contributed by atoms with Gasteiger partial charge in [-0.05, 0) is 19.1 Å². The van der Waals surface area contributed by atoms with Gasteiger partial charge in [-0.2, -0.15) is 0 Å². The number of carbonyl (C=O) groups is 3. The summed E-state index contributed by atoms with van der Waals surface area (Å²) in [6.07, 6.45) is -0.543. The highest BCUT2D eigenvalue weighted by atomic mass is 16.4. The molecule has 1 aromatic heterocycles. The number of amides is 3. The van der Waals surface area contributed by atoms with Gasteiger partial charge in [-0.25, -0.2) is 4.79 Å². The Labute approximate surface area is 103 Å². The number of imide groups is 1. The first kappa shape index (κ1) is 13.8. The summed E-state index contributed by atoms with van der Waals surface area (Å²) in [7, 11) is 0. The number of urea groups is 1. The number of aliphatic carboxylic acids is 1. The molecule has 0 saturated carbocycles. The van der Waals surface area contributed by atoms with E-state index in [-0.39, 0.29) is 19.4 Å². The Hall–Kier alpha value is -2.31. The fourth-order valence-corrected chi connectivity index (χ4v) is 1.20. The molecule has 0 aliphatic heterocycles. The number of carboxylic acid groups (broad SMARTS) is 1. The number of rotatable bonds is 5. The number of hydrogen-bond donors (Lipinski definition) is 3. The standard InChI is InChI=1S/C11H14N2O5/c1-7-2-3-8(18-7)6-12-11(17)13-9(14)4-5-10(15)16/h2-3H,4-6H2,1H3,(H,15,16)(H2,12,13,14,17). The van der Waals surface area contributed by atoms with Crippen LogP contribution in [0.4, 0.5) is 4.79 Å². The van der Waals surface area contributed by atoms with Crippen molar-refractivity contribution < 1.29 is 23.9 Å². The van der Waals surface area contributed by atoms with Crippen molar-refractivity contribution in [2.75, 3.05) is 0 Å². The van der Waals surface area contributed by atoms with Crippen LogP contribution in [-0.4, -0.2) is 23.0 Å². The maximum absolute atomic E-state index is 11.2. The molecule has 1 rings (SSSR count). The van der Waals surface area contributed by atoms with Crippen molar-refractivity contribution in [3.8, 4) is 0 Å². The third-order valence-corrected chi connectivity index (χ3v) is 2.04. The van der Waals surface area contributed by atoms with Crippen LogP contribution in [0.2, 0.25) is 0 Å².